The van der Waals surface area contributed by atoms with Crippen LogP contribution in [0.5, 0.6) is 0 Å². The van der Waals surface area contributed by atoms with E-state index in [0.29, 0.717) is 11.7 Å². The van der Waals surface area contributed by atoms with Gasteiger partial charge in [0.25, 0.3) is 0 Å². The molecule has 0 radical (unpaired) electrons. The summed E-state index contributed by atoms with van der Waals surface area (Å²) in [5, 5.41) is 0. The van der Waals surface area contributed by atoms with E-state index in [9.17, 15) is 4.79 Å². The SMILES string of the molecule is CC(C)C[C@@H](C(=O)C(C)(C)C)C(C)(C)C. The summed E-state index contributed by atoms with van der Waals surface area (Å²) in [6, 6.07) is 0. The van der Waals surface area contributed by atoms with Gasteiger partial charge < -0.3 is 0 Å². The number of Topliss-reactive ketones (excluding diaryl/α,β-unsaturated/α-hetero) is 1. The largest absolute Gasteiger partial charge is 0.299 e. The zero-order valence-corrected chi connectivity index (χ0v) is 11.8. The fraction of sp³-hybridized carbons (Fsp3) is 0.929. The molecule has 0 rings (SSSR count). The van der Waals surface area contributed by atoms with Crippen LogP contribution in [0.25, 0.3) is 0 Å². The summed E-state index contributed by atoms with van der Waals surface area (Å²) in [5.41, 5.74) is -0.137. The molecule has 0 fully saturated rings. The molecule has 0 saturated carbocycles. The van der Waals surface area contributed by atoms with Gasteiger partial charge in [-0.1, -0.05) is 55.4 Å². The Kier molecular flexibility index (Phi) is 4.57. The van der Waals surface area contributed by atoms with Crippen LogP contribution >= 0.6 is 0 Å². The number of hydrogen-bond donors (Lipinski definition) is 0. The zero-order valence-electron chi connectivity index (χ0n) is 11.8. The fourth-order valence-electron chi connectivity index (χ4n) is 1.85. The average Bonchev–Trinajstić information content (AvgIpc) is 1.94. The third kappa shape index (κ3) is 4.81. The lowest BCUT2D eigenvalue weighted by atomic mass is 9.68. The molecule has 0 N–H and O–H groups in total. The molecule has 0 aromatic rings. The lowest BCUT2D eigenvalue weighted by Crippen LogP contribution is -2.37. The molecule has 0 heterocycles. The van der Waals surface area contributed by atoms with Crippen molar-refractivity contribution in [2.24, 2.45) is 22.7 Å². The standard InChI is InChI=1S/C14H28O/c1-10(2)9-11(13(3,4)5)12(15)14(6,7)8/h10-11H,9H2,1-8H3/t11-/m0/s1. The molecular weight excluding hydrogens is 184 g/mol. The Hall–Kier alpha value is -0.330. The van der Waals surface area contributed by atoms with E-state index < -0.39 is 0 Å². The second-order valence-corrected chi connectivity index (χ2v) is 7.16. The highest BCUT2D eigenvalue weighted by molar-refractivity contribution is 5.86. The number of hydrogen-bond acceptors (Lipinski definition) is 1. The first-order valence-electron chi connectivity index (χ1n) is 6.00. The topological polar surface area (TPSA) is 17.1 Å². The van der Waals surface area contributed by atoms with Crippen LogP contribution in [0.3, 0.4) is 0 Å². The molecule has 1 nitrogen and oxygen atoms in total. The van der Waals surface area contributed by atoms with Crippen molar-refractivity contribution in [3.05, 3.63) is 0 Å². The van der Waals surface area contributed by atoms with Crippen molar-refractivity contribution in [1.82, 2.24) is 0 Å². The minimum atomic E-state index is -0.215. The summed E-state index contributed by atoms with van der Waals surface area (Å²) in [4.78, 5) is 12.3. The number of carbonyl (C=O) groups excluding carboxylic acids is 1. The Balaban J connectivity index is 4.89. The highest BCUT2D eigenvalue weighted by atomic mass is 16.1. The first kappa shape index (κ1) is 14.7. The van der Waals surface area contributed by atoms with Crippen molar-refractivity contribution in [2.45, 2.75) is 61.8 Å². The van der Waals surface area contributed by atoms with Gasteiger partial charge in [0, 0.05) is 11.3 Å². The van der Waals surface area contributed by atoms with Gasteiger partial charge in [-0.05, 0) is 17.8 Å². The van der Waals surface area contributed by atoms with Crippen LogP contribution in [0.1, 0.15) is 61.8 Å². The van der Waals surface area contributed by atoms with Gasteiger partial charge in [-0.2, -0.15) is 0 Å². The van der Waals surface area contributed by atoms with E-state index in [0.717, 1.165) is 6.42 Å². The molecule has 0 aliphatic heterocycles. The maximum absolute atomic E-state index is 12.3. The normalized spacial score (nSPS) is 15.5. The molecule has 0 aliphatic carbocycles. The van der Waals surface area contributed by atoms with Gasteiger partial charge in [-0.3, -0.25) is 4.79 Å². The molecule has 0 spiro atoms. The van der Waals surface area contributed by atoms with E-state index in [1.165, 1.54) is 0 Å². The second-order valence-electron chi connectivity index (χ2n) is 7.16. The smallest absolute Gasteiger partial charge is 0.141 e. The Morgan fingerprint density at radius 2 is 1.40 bits per heavy atom. The minimum Gasteiger partial charge on any atom is -0.299 e. The van der Waals surface area contributed by atoms with Gasteiger partial charge in [0.05, 0.1) is 0 Å². The van der Waals surface area contributed by atoms with Crippen molar-refractivity contribution < 1.29 is 4.79 Å². The number of ketones is 1. The molecule has 0 aromatic heterocycles. The summed E-state index contributed by atoms with van der Waals surface area (Å²) in [6.45, 7) is 17.0. The van der Waals surface area contributed by atoms with Gasteiger partial charge in [0.15, 0.2) is 0 Å². The van der Waals surface area contributed by atoms with Crippen LogP contribution in [0.15, 0.2) is 0 Å². The Morgan fingerprint density at radius 1 is 1.00 bits per heavy atom. The molecule has 0 amide bonds. The monoisotopic (exact) mass is 212 g/mol. The van der Waals surface area contributed by atoms with Gasteiger partial charge >= 0.3 is 0 Å². The maximum atomic E-state index is 12.3. The third-order valence-electron chi connectivity index (χ3n) is 2.81. The van der Waals surface area contributed by atoms with Crippen LogP contribution in [-0.2, 0) is 4.79 Å². The predicted molar refractivity (Wildman–Crippen MR) is 66.9 cm³/mol. The molecule has 0 unspecified atom stereocenters. The molecule has 0 aromatic carbocycles. The average molecular weight is 212 g/mol. The molecule has 90 valence electrons. The summed E-state index contributed by atoms with van der Waals surface area (Å²) in [5.74, 6) is 1.17. The van der Waals surface area contributed by atoms with Gasteiger partial charge in [0.2, 0.25) is 0 Å². The van der Waals surface area contributed by atoms with E-state index in [2.05, 4.69) is 34.6 Å². The first-order chi connectivity index (χ1) is 6.46. The van der Waals surface area contributed by atoms with Crippen LogP contribution < -0.4 is 0 Å². The highest BCUT2D eigenvalue weighted by Gasteiger charge is 2.37. The van der Waals surface area contributed by atoms with Crippen molar-refractivity contribution in [3.63, 3.8) is 0 Å². The van der Waals surface area contributed by atoms with Gasteiger partial charge in [-0.15, -0.1) is 0 Å². The third-order valence-corrected chi connectivity index (χ3v) is 2.81. The first-order valence-corrected chi connectivity index (χ1v) is 6.00. The molecule has 0 bridgehead atoms. The van der Waals surface area contributed by atoms with E-state index in [1.807, 2.05) is 20.8 Å². The molecule has 1 heteroatoms. The van der Waals surface area contributed by atoms with E-state index in [4.69, 9.17) is 0 Å². The van der Waals surface area contributed by atoms with Crippen LogP contribution in [0.4, 0.5) is 0 Å². The number of carbonyl (C=O) groups is 1. The lowest BCUT2D eigenvalue weighted by Gasteiger charge is -2.35. The lowest BCUT2D eigenvalue weighted by molar-refractivity contribution is -0.134. The molecule has 1 atom stereocenters. The zero-order chi connectivity index (χ0) is 12.4. The predicted octanol–water partition coefficient (Wildman–Crippen LogP) is 4.31. The van der Waals surface area contributed by atoms with Crippen LogP contribution in [0.2, 0.25) is 0 Å². The summed E-state index contributed by atoms with van der Waals surface area (Å²) >= 11 is 0. The van der Waals surface area contributed by atoms with Crippen LogP contribution in [-0.4, -0.2) is 5.78 Å². The van der Waals surface area contributed by atoms with Gasteiger partial charge in [-0.25, -0.2) is 0 Å². The minimum absolute atomic E-state index is 0.0780. The summed E-state index contributed by atoms with van der Waals surface area (Å²) in [7, 11) is 0. The second kappa shape index (κ2) is 4.67. The van der Waals surface area contributed by atoms with Crippen molar-refractivity contribution in [3.8, 4) is 0 Å². The number of rotatable bonds is 3. The van der Waals surface area contributed by atoms with Crippen molar-refractivity contribution >= 4 is 5.78 Å². The fourth-order valence-corrected chi connectivity index (χ4v) is 1.85. The molecular formula is C14H28O. The molecule has 0 saturated heterocycles. The van der Waals surface area contributed by atoms with E-state index in [1.54, 1.807) is 0 Å². The van der Waals surface area contributed by atoms with Crippen LogP contribution in [0, 0.1) is 22.7 Å². The maximum Gasteiger partial charge on any atom is 0.141 e. The van der Waals surface area contributed by atoms with E-state index in [-0.39, 0.29) is 16.7 Å². The highest BCUT2D eigenvalue weighted by Crippen LogP contribution is 2.36. The summed E-state index contributed by atoms with van der Waals surface area (Å²) in [6.07, 6.45) is 1.000. The van der Waals surface area contributed by atoms with Crippen molar-refractivity contribution in [2.75, 3.05) is 0 Å². The Morgan fingerprint density at radius 3 is 1.60 bits per heavy atom. The van der Waals surface area contributed by atoms with Crippen molar-refractivity contribution in [1.29, 1.82) is 0 Å². The Bertz CT molecular complexity index is 212. The van der Waals surface area contributed by atoms with E-state index >= 15 is 0 Å². The quantitative estimate of drug-likeness (QED) is 0.681. The molecule has 15 heavy (non-hydrogen) atoms. The Labute approximate surface area is 95.6 Å². The molecule has 0 aliphatic rings. The van der Waals surface area contributed by atoms with Gasteiger partial charge in [0.1, 0.15) is 5.78 Å². The summed E-state index contributed by atoms with van der Waals surface area (Å²) < 4.78 is 0.